The zero-order valence-corrected chi connectivity index (χ0v) is 39.6. The van der Waals surface area contributed by atoms with Crippen LogP contribution in [0.25, 0.3) is 77.7 Å². The average Bonchev–Trinajstić information content (AvgIpc) is 4.08. The number of nitrogens with zero attached hydrogens (tertiary/aromatic N) is 5. The minimum Gasteiger partial charge on any atom is -0.313 e. The monoisotopic (exact) mass is 945 g/mol. The number of allylic oxidation sites excluding steroid dienone is 1. The Kier molecular flexibility index (Phi) is 9.96. The topological polar surface area (TPSA) is 21.3 Å². The second-order valence-corrected chi connectivity index (χ2v) is 18.8. The number of rotatable bonds is 9. The van der Waals surface area contributed by atoms with Gasteiger partial charge in [-0.3, -0.25) is 0 Å². The van der Waals surface area contributed by atoms with Crippen LogP contribution in [0.2, 0.25) is 0 Å². The van der Waals surface area contributed by atoms with Crippen LogP contribution in [0, 0.1) is 11.6 Å². The molecule has 3 heterocycles. The molecule has 348 valence electrons. The fraction of sp³-hybridized carbons (Fsp3) is 0.0303. The first-order chi connectivity index (χ1) is 36.0. The zero-order chi connectivity index (χ0) is 48.6. The Labute approximate surface area is 420 Å². The highest BCUT2D eigenvalue weighted by atomic mass is 19.1. The molecule has 0 saturated carbocycles. The standard InChI is InChI=1S/C66H45F2N5/c67-44-24-28-49(29-25-44)69(51-32-36-63-57(40-51)55-20-10-12-22-61(55)71(63)46-14-4-1-5-15-46)53-34-38-65-59(42-53)60-43-54(35-39-66(60)73(65)48-18-8-3-9-19-48)70(50-30-26-45(68)27-31-50)52-33-37-64-58(41-52)56-21-11-13-23-62(56)72(64)47-16-6-2-7-17-47/h1-12,14-22,24-43H,13,23H2. The van der Waals surface area contributed by atoms with Crippen molar-refractivity contribution in [3.8, 4) is 17.1 Å². The first-order valence-corrected chi connectivity index (χ1v) is 24.8. The molecule has 0 spiro atoms. The second-order valence-electron chi connectivity index (χ2n) is 18.8. The van der Waals surface area contributed by atoms with Crippen LogP contribution in [-0.4, -0.2) is 13.7 Å². The van der Waals surface area contributed by atoms with Gasteiger partial charge in [-0.2, -0.15) is 0 Å². The minimum absolute atomic E-state index is 0.293. The molecule has 7 heteroatoms. The molecule has 13 aromatic rings. The number of fused-ring (bicyclic) bond motifs is 9. The van der Waals surface area contributed by atoms with Crippen molar-refractivity contribution < 1.29 is 8.78 Å². The number of hydrogen-bond donors (Lipinski definition) is 0. The molecule has 0 aliphatic heterocycles. The molecular formula is C66H45F2N5. The van der Waals surface area contributed by atoms with Gasteiger partial charge >= 0.3 is 0 Å². The number of para-hydroxylation sites is 4. The maximum absolute atomic E-state index is 14.8. The van der Waals surface area contributed by atoms with Crippen LogP contribution in [0.4, 0.5) is 42.9 Å². The van der Waals surface area contributed by atoms with Crippen molar-refractivity contribution in [3.63, 3.8) is 0 Å². The van der Waals surface area contributed by atoms with E-state index in [1.807, 2.05) is 36.4 Å². The van der Waals surface area contributed by atoms with Crippen LogP contribution in [0.15, 0.2) is 243 Å². The number of benzene rings is 10. The van der Waals surface area contributed by atoms with Crippen LogP contribution in [0.3, 0.4) is 0 Å². The van der Waals surface area contributed by atoms with E-state index < -0.39 is 0 Å². The normalized spacial score (nSPS) is 12.4. The average molecular weight is 946 g/mol. The molecule has 5 nitrogen and oxygen atoms in total. The summed E-state index contributed by atoms with van der Waals surface area (Å²) in [6, 6.07) is 80.2. The van der Waals surface area contributed by atoms with Crippen LogP contribution in [0.1, 0.15) is 17.7 Å². The summed E-state index contributed by atoms with van der Waals surface area (Å²) >= 11 is 0. The summed E-state index contributed by atoms with van der Waals surface area (Å²) in [4.78, 5) is 4.46. The molecule has 14 rings (SSSR count). The summed E-state index contributed by atoms with van der Waals surface area (Å²) in [6.45, 7) is 0. The third kappa shape index (κ3) is 7.03. The molecule has 0 bridgehead atoms. The molecule has 0 amide bonds. The highest BCUT2D eigenvalue weighted by molar-refractivity contribution is 6.13. The Hall–Kier alpha value is -9.46. The van der Waals surface area contributed by atoms with E-state index in [1.165, 1.54) is 35.5 Å². The predicted molar refractivity (Wildman–Crippen MR) is 299 cm³/mol. The van der Waals surface area contributed by atoms with Gasteiger partial charge in [0.15, 0.2) is 0 Å². The van der Waals surface area contributed by atoms with Crippen molar-refractivity contribution >= 4 is 94.7 Å². The van der Waals surface area contributed by atoms with Gasteiger partial charge in [0.25, 0.3) is 0 Å². The lowest BCUT2D eigenvalue weighted by molar-refractivity contribution is 0.627. The Bertz CT molecular complexity index is 4270. The van der Waals surface area contributed by atoms with Crippen molar-refractivity contribution in [1.82, 2.24) is 13.7 Å². The summed E-state index contributed by atoms with van der Waals surface area (Å²) in [5.41, 5.74) is 16.7. The van der Waals surface area contributed by atoms with Gasteiger partial charge in [-0.15, -0.1) is 0 Å². The molecule has 0 unspecified atom stereocenters. The Morgan fingerprint density at radius 1 is 0.315 bits per heavy atom. The van der Waals surface area contributed by atoms with Crippen molar-refractivity contribution in [1.29, 1.82) is 0 Å². The predicted octanol–water partition coefficient (Wildman–Crippen LogP) is 18.0. The van der Waals surface area contributed by atoms with Gasteiger partial charge in [0.05, 0.1) is 27.6 Å². The number of aromatic nitrogens is 3. The summed E-state index contributed by atoms with van der Waals surface area (Å²) in [6.07, 6.45) is 6.47. The lowest BCUT2D eigenvalue weighted by Gasteiger charge is -2.26. The molecule has 1 aliphatic rings. The van der Waals surface area contributed by atoms with Gasteiger partial charge < -0.3 is 23.5 Å². The molecule has 0 fully saturated rings. The smallest absolute Gasteiger partial charge is 0.123 e. The lowest BCUT2D eigenvalue weighted by Crippen LogP contribution is -2.10. The van der Waals surface area contributed by atoms with Crippen molar-refractivity contribution in [2.45, 2.75) is 12.8 Å². The van der Waals surface area contributed by atoms with E-state index in [1.54, 1.807) is 0 Å². The van der Waals surface area contributed by atoms with E-state index in [-0.39, 0.29) is 11.6 Å². The molecule has 0 N–H and O–H groups in total. The maximum atomic E-state index is 14.8. The minimum atomic E-state index is -0.297. The molecular weight excluding hydrogens is 901 g/mol. The second kappa shape index (κ2) is 17.1. The molecule has 3 aromatic heterocycles. The fourth-order valence-electron chi connectivity index (χ4n) is 11.4. The van der Waals surface area contributed by atoms with E-state index in [9.17, 15) is 8.78 Å². The SMILES string of the molecule is Fc1ccc(N(c2ccc3c(c2)c2c(n3-c3ccccc3)CCC=C2)c2ccc3c(c2)c2cc(N(c4ccc(F)cc4)c4ccc5c(c4)c4ccccc4n5-c4ccccc4)ccc2n3-c2ccccc2)cc1. The van der Waals surface area contributed by atoms with Gasteiger partial charge in [0.1, 0.15) is 11.6 Å². The van der Waals surface area contributed by atoms with Crippen LogP contribution < -0.4 is 9.80 Å². The van der Waals surface area contributed by atoms with E-state index in [0.29, 0.717) is 0 Å². The maximum Gasteiger partial charge on any atom is 0.123 e. The largest absolute Gasteiger partial charge is 0.313 e. The Morgan fingerprint density at radius 3 is 1.14 bits per heavy atom. The summed E-state index contributed by atoms with van der Waals surface area (Å²) < 4.78 is 36.6. The molecule has 73 heavy (non-hydrogen) atoms. The highest BCUT2D eigenvalue weighted by Crippen LogP contribution is 2.46. The zero-order valence-electron chi connectivity index (χ0n) is 39.6. The van der Waals surface area contributed by atoms with Crippen LogP contribution >= 0.6 is 0 Å². The van der Waals surface area contributed by atoms with Gasteiger partial charge in [-0.05, 0) is 177 Å². The molecule has 0 saturated heterocycles. The Balaban J connectivity index is 0.981. The molecule has 0 atom stereocenters. The first kappa shape index (κ1) is 42.4. The molecule has 0 radical (unpaired) electrons. The first-order valence-electron chi connectivity index (χ1n) is 24.8. The summed E-state index contributed by atoms with van der Waals surface area (Å²) in [5.74, 6) is -0.590. The van der Waals surface area contributed by atoms with Gasteiger partial charge in [-0.1, -0.05) is 84.9 Å². The van der Waals surface area contributed by atoms with E-state index in [2.05, 4.69) is 212 Å². The molecule has 10 aromatic carbocycles. The van der Waals surface area contributed by atoms with E-state index >= 15 is 0 Å². The van der Waals surface area contributed by atoms with Crippen molar-refractivity contribution in [3.05, 3.63) is 266 Å². The van der Waals surface area contributed by atoms with Crippen molar-refractivity contribution in [2.75, 3.05) is 9.80 Å². The summed E-state index contributed by atoms with van der Waals surface area (Å²) in [5, 5.41) is 5.51. The number of halogens is 2. The van der Waals surface area contributed by atoms with E-state index in [0.717, 1.165) is 119 Å². The molecule has 1 aliphatic carbocycles. The van der Waals surface area contributed by atoms with Gasteiger partial charge in [0, 0.05) is 89.4 Å². The third-order valence-corrected chi connectivity index (χ3v) is 14.6. The van der Waals surface area contributed by atoms with Crippen molar-refractivity contribution in [2.24, 2.45) is 0 Å². The quantitative estimate of drug-likeness (QED) is 0.144. The fourth-order valence-corrected chi connectivity index (χ4v) is 11.4. The number of anilines is 6. The Morgan fingerprint density at radius 2 is 0.671 bits per heavy atom. The van der Waals surface area contributed by atoms with Crippen LogP contribution in [0.5, 0.6) is 0 Å². The van der Waals surface area contributed by atoms with E-state index in [4.69, 9.17) is 0 Å². The summed E-state index contributed by atoms with van der Waals surface area (Å²) in [7, 11) is 0. The lowest BCUT2D eigenvalue weighted by atomic mass is 10.0. The van der Waals surface area contributed by atoms with Crippen LogP contribution in [-0.2, 0) is 6.42 Å². The third-order valence-electron chi connectivity index (χ3n) is 14.6. The van der Waals surface area contributed by atoms with Gasteiger partial charge in [-0.25, -0.2) is 8.78 Å². The van der Waals surface area contributed by atoms with Gasteiger partial charge in [0.2, 0.25) is 0 Å². The highest BCUT2D eigenvalue weighted by Gasteiger charge is 2.24. The number of hydrogen-bond acceptors (Lipinski definition) is 2.